The number of nitrogens with one attached hydrogen (secondary N) is 2. The van der Waals surface area contributed by atoms with Gasteiger partial charge in [-0.05, 0) is 62.2 Å². The summed E-state index contributed by atoms with van der Waals surface area (Å²) in [7, 11) is 1.86. The number of nitrogens with zero attached hydrogens (tertiary/aromatic N) is 4. The molecule has 0 aliphatic carbocycles. The minimum atomic E-state index is -0.270. The number of carbonyl (C=O) groups excluding carboxylic acids is 1. The molecule has 8 nitrogen and oxygen atoms in total. The zero-order valence-corrected chi connectivity index (χ0v) is 21.8. The Kier molecular flexibility index (Phi) is 6.67. The van der Waals surface area contributed by atoms with Crippen molar-refractivity contribution in [3.05, 3.63) is 93.7 Å². The van der Waals surface area contributed by atoms with Crippen molar-refractivity contribution in [1.29, 1.82) is 0 Å². The van der Waals surface area contributed by atoms with Crippen LogP contribution in [0.15, 0.2) is 59.3 Å². The highest BCUT2D eigenvalue weighted by atomic mass is 35.5. The van der Waals surface area contributed by atoms with Crippen molar-refractivity contribution >= 4 is 34.1 Å². The van der Waals surface area contributed by atoms with Crippen LogP contribution in [0.2, 0.25) is 5.02 Å². The van der Waals surface area contributed by atoms with Gasteiger partial charge in [-0.1, -0.05) is 35.0 Å². The summed E-state index contributed by atoms with van der Waals surface area (Å²) in [5.74, 6) is 0.486. The molecule has 0 aliphatic rings. The molecule has 1 amide bonds. The Morgan fingerprint density at radius 3 is 2.59 bits per heavy atom. The maximum atomic E-state index is 13.3. The summed E-state index contributed by atoms with van der Waals surface area (Å²) in [6, 6.07) is 15.5. The molecule has 2 aromatic carbocycles. The lowest BCUT2D eigenvalue weighted by Crippen LogP contribution is -2.25. The summed E-state index contributed by atoms with van der Waals surface area (Å²) in [4.78, 5) is 18.1. The molecule has 0 aliphatic heterocycles. The third kappa shape index (κ3) is 5.20. The number of hydrogen-bond acceptors (Lipinski definition) is 6. The topological polar surface area (TPSA) is 97.9 Å². The van der Waals surface area contributed by atoms with E-state index in [1.165, 1.54) is 0 Å². The highest BCUT2D eigenvalue weighted by Gasteiger charge is 2.18. The lowest BCUT2D eigenvalue weighted by molar-refractivity contribution is 0.0947. The van der Waals surface area contributed by atoms with Gasteiger partial charge in [0.05, 0.1) is 22.6 Å². The quantitative estimate of drug-likeness (QED) is 0.287. The Morgan fingerprint density at radius 2 is 1.89 bits per heavy atom. The summed E-state index contributed by atoms with van der Waals surface area (Å²) < 4.78 is 7.09. The van der Waals surface area contributed by atoms with Gasteiger partial charge in [-0.25, -0.2) is 4.98 Å². The van der Waals surface area contributed by atoms with E-state index in [1.54, 1.807) is 4.68 Å². The summed E-state index contributed by atoms with van der Waals surface area (Å²) in [5.41, 5.74) is 7.26. The van der Waals surface area contributed by atoms with E-state index >= 15 is 0 Å². The predicted octanol–water partition coefficient (Wildman–Crippen LogP) is 5.74. The van der Waals surface area contributed by atoms with Crippen LogP contribution in [0.3, 0.4) is 0 Å². The molecule has 3 aromatic heterocycles. The van der Waals surface area contributed by atoms with E-state index in [0.717, 1.165) is 44.8 Å². The largest absolute Gasteiger partial charge is 0.379 e. The molecule has 9 heteroatoms. The molecule has 0 fully saturated rings. The van der Waals surface area contributed by atoms with Gasteiger partial charge < -0.3 is 15.2 Å². The van der Waals surface area contributed by atoms with E-state index < -0.39 is 0 Å². The fraction of sp³-hybridized carbons (Fsp3) is 0.214. The first-order chi connectivity index (χ1) is 17.8. The predicted molar refractivity (Wildman–Crippen MR) is 145 cm³/mol. The van der Waals surface area contributed by atoms with Crippen molar-refractivity contribution in [3.8, 4) is 11.1 Å². The van der Waals surface area contributed by atoms with Crippen LogP contribution in [-0.2, 0) is 20.1 Å². The molecule has 5 rings (SSSR count). The minimum Gasteiger partial charge on any atom is -0.379 e. The molecule has 3 heterocycles. The number of rotatable bonds is 7. The Hall–Kier alpha value is -4.17. The van der Waals surface area contributed by atoms with E-state index in [4.69, 9.17) is 21.1 Å². The number of hydrogen-bond donors (Lipinski definition) is 2. The molecule has 5 aromatic rings. The van der Waals surface area contributed by atoms with Crippen molar-refractivity contribution in [2.45, 2.75) is 33.9 Å². The highest BCUT2D eigenvalue weighted by molar-refractivity contribution is 6.30. The molecular weight excluding hydrogens is 488 g/mol. The average Bonchev–Trinajstić information content (AvgIpc) is 3.38. The number of halogens is 1. The van der Waals surface area contributed by atoms with Gasteiger partial charge in [-0.15, -0.1) is 0 Å². The van der Waals surface area contributed by atoms with Crippen molar-refractivity contribution in [1.82, 2.24) is 25.2 Å². The van der Waals surface area contributed by atoms with Crippen LogP contribution >= 0.6 is 11.6 Å². The SMILES string of the molecule is Cc1nn(C)cc1CNC(=O)c1nc2ccc(-c3c(C)noc3C)cc2cc1NCc1cccc(Cl)c1. The zero-order chi connectivity index (χ0) is 26.1. The van der Waals surface area contributed by atoms with Gasteiger partial charge in [0, 0.05) is 47.9 Å². The Labute approximate surface area is 219 Å². The van der Waals surface area contributed by atoms with Gasteiger partial charge in [0.1, 0.15) is 5.76 Å². The second kappa shape index (κ2) is 10.1. The molecule has 0 saturated heterocycles. The van der Waals surface area contributed by atoms with Gasteiger partial charge in [0.15, 0.2) is 5.69 Å². The average molecular weight is 515 g/mol. The highest BCUT2D eigenvalue weighted by Crippen LogP contribution is 2.31. The molecule has 0 atom stereocenters. The van der Waals surface area contributed by atoms with Crippen LogP contribution in [-0.4, -0.2) is 25.8 Å². The van der Waals surface area contributed by atoms with Gasteiger partial charge in [0.2, 0.25) is 0 Å². The third-order valence-electron chi connectivity index (χ3n) is 6.28. The van der Waals surface area contributed by atoms with E-state index in [9.17, 15) is 4.79 Å². The first-order valence-corrected chi connectivity index (χ1v) is 12.3. The van der Waals surface area contributed by atoms with Crippen LogP contribution in [0.25, 0.3) is 22.0 Å². The molecule has 0 spiro atoms. The molecule has 0 unspecified atom stereocenters. The van der Waals surface area contributed by atoms with Crippen LogP contribution in [0, 0.1) is 20.8 Å². The minimum absolute atomic E-state index is 0.270. The number of aryl methyl sites for hydroxylation is 4. The number of anilines is 1. The molecule has 0 radical (unpaired) electrons. The maximum Gasteiger partial charge on any atom is 0.272 e. The number of pyridine rings is 1. The van der Waals surface area contributed by atoms with Crippen LogP contribution in [0.4, 0.5) is 5.69 Å². The summed E-state index contributed by atoms with van der Waals surface area (Å²) in [5, 5.41) is 16.4. The normalized spacial score (nSPS) is 11.2. The van der Waals surface area contributed by atoms with Crippen LogP contribution in [0.5, 0.6) is 0 Å². The third-order valence-corrected chi connectivity index (χ3v) is 6.51. The number of aromatic nitrogens is 4. The molecule has 0 bridgehead atoms. The number of fused-ring (bicyclic) bond motifs is 1. The van der Waals surface area contributed by atoms with Gasteiger partial charge >= 0.3 is 0 Å². The van der Waals surface area contributed by atoms with Gasteiger partial charge in [-0.2, -0.15) is 5.10 Å². The fourth-order valence-corrected chi connectivity index (χ4v) is 4.67. The lowest BCUT2D eigenvalue weighted by atomic mass is 10.0. The fourth-order valence-electron chi connectivity index (χ4n) is 4.46. The van der Waals surface area contributed by atoms with E-state index in [-0.39, 0.29) is 5.91 Å². The first kappa shape index (κ1) is 24.5. The van der Waals surface area contributed by atoms with Gasteiger partial charge in [0.25, 0.3) is 5.91 Å². The van der Waals surface area contributed by atoms with E-state index in [2.05, 4.69) is 20.9 Å². The second-order valence-corrected chi connectivity index (χ2v) is 9.51. The van der Waals surface area contributed by atoms with E-state index in [1.807, 2.05) is 82.5 Å². The van der Waals surface area contributed by atoms with Crippen molar-refractivity contribution in [2.75, 3.05) is 5.32 Å². The first-order valence-electron chi connectivity index (χ1n) is 11.9. The maximum absolute atomic E-state index is 13.3. The Balaban J connectivity index is 1.50. The molecule has 188 valence electrons. The second-order valence-electron chi connectivity index (χ2n) is 9.07. The summed E-state index contributed by atoms with van der Waals surface area (Å²) in [6.07, 6.45) is 1.90. The zero-order valence-electron chi connectivity index (χ0n) is 21.1. The molecule has 0 saturated carbocycles. The Morgan fingerprint density at radius 1 is 1.05 bits per heavy atom. The van der Waals surface area contributed by atoms with Crippen molar-refractivity contribution in [2.24, 2.45) is 7.05 Å². The molecule has 2 N–H and O–H groups in total. The Bertz CT molecular complexity index is 1600. The molecular formula is C28H27ClN6O2. The van der Waals surface area contributed by atoms with Crippen LogP contribution in [0.1, 0.15) is 38.8 Å². The van der Waals surface area contributed by atoms with Gasteiger partial charge in [-0.3, -0.25) is 9.48 Å². The van der Waals surface area contributed by atoms with Crippen molar-refractivity contribution in [3.63, 3.8) is 0 Å². The number of carbonyl (C=O) groups is 1. The lowest BCUT2D eigenvalue weighted by Gasteiger charge is -2.14. The summed E-state index contributed by atoms with van der Waals surface area (Å²) >= 11 is 6.17. The van der Waals surface area contributed by atoms with E-state index in [0.29, 0.717) is 35.0 Å². The van der Waals surface area contributed by atoms with Crippen LogP contribution < -0.4 is 10.6 Å². The smallest absolute Gasteiger partial charge is 0.272 e. The number of amides is 1. The summed E-state index contributed by atoms with van der Waals surface area (Å²) in [6.45, 7) is 6.58. The standard InChI is InChI=1S/C28H27ClN6O2/c1-16-22(15-35(4)33-16)14-31-28(36)27-25(30-13-19-6-5-7-23(29)10-19)12-21-11-20(8-9-24(21)32-27)26-17(2)34-37-18(26)3/h5-12,15,30H,13-14H2,1-4H3,(H,31,36). The number of benzene rings is 2. The van der Waals surface area contributed by atoms with Crippen molar-refractivity contribution < 1.29 is 9.32 Å². The molecule has 37 heavy (non-hydrogen) atoms. The monoisotopic (exact) mass is 514 g/mol.